The van der Waals surface area contributed by atoms with Gasteiger partial charge < -0.3 is 14.8 Å². The van der Waals surface area contributed by atoms with Crippen LogP contribution < -0.4 is 5.32 Å². The second-order valence-corrected chi connectivity index (χ2v) is 6.58. The average Bonchev–Trinajstić information content (AvgIpc) is 3.25. The first-order valence-electron chi connectivity index (χ1n) is 9.48. The fourth-order valence-electron chi connectivity index (χ4n) is 2.98. The van der Waals surface area contributed by atoms with Gasteiger partial charge in [-0.1, -0.05) is 60.7 Å². The van der Waals surface area contributed by atoms with E-state index < -0.39 is 18.1 Å². The van der Waals surface area contributed by atoms with Gasteiger partial charge in [0.1, 0.15) is 6.61 Å². The van der Waals surface area contributed by atoms with Gasteiger partial charge >= 0.3 is 12.1 Å². The highest BCUT2D eigenvalue weighted by Crippen LogP contribution is 2.19. The van der Waals surface area contributed by atoms with Gasteiger partial charge in [0.05, 0.1) is 12.8 Å². The molecule has 0 bridgehead atoms. The first-order valence-corrected chi connectivity index (χ1v) is 9.48. The number of hydrogen-bond donors (Lipinski definition) is 1. The van der Waals surface area contributed by atoms with Crippen LogP contribution in [0.3, 0.4) is 0 Å². The van der Waals surface area contributed by atoms with Crippen molar-refractivity contribution < 1.29 is 19.1 Å². The Morgan fingerprint density at radius 3 is 2.39 bits per heavy atom. The molecule has 2 aromatic heterocycles. The van der Waals surface area contributed by atoms with Crippen molar-refractivity contribution in [1.82, 2.24) is 25.1 Å². The summed E-state index contributed by atoms with van der Waals surface area (Å²) in [5.74, 6) is -0.617. The van der Waals surface area contributed by atoms with Crippen molar-refractivity contribution in [3.8, 4) is 11.3 Å². The summed E-state index contributed by atoms with van der Waals surface area (Å²) in [5, 5.41) is 15.1. The Balaban J connectivity index is 1.60. The number of benzene rings is 2. The Bertz CT molecular complexity index is 1190. The summed E-state index contributed by atoms with van der Waals surface area (Å²) in [6.45, 7) is 0.0531. The summed E-state index contributed by atoms with van der Waals surface area (Å²) >= 11 is 0. The Labute approximate surface area is 177 Å². The number of fused-ring (bicyclic) bond motifs is 1. The van der Waals surface area contributed by atoms with Crippen LogP contribution >= 0.6 is 0 Å². The van der Waals surface area contributed by atoms with E-state index in [1.54, 1.807) is 12.1 Å². The molecule has 31 heavy (non-hydrogen) atoms. The highest BCUT2D eigenvalue weighted by molar-refractivity contribution is 5.82. The van der Waals surface area contributed by atoms with E-state index in [0.29, 0.717) is 11.3 Å². The predicted molar refractivity (Wildman–Crippen MR) is 111 cm³/mol. The predicted octanol–water partition coefficient (Wildman–Crippen LogP) is 2.93. The molecule has 1 amide bonds. The molecule has 0 aliphatic carbocycles. The van der Waals surface area contributed by atoms with Crippen molar-refractivity contribution in [2.75, 3.05) is 7.11 Å². The van der Waals surface area contributed by atoms with Crippen molar-refractivity contribution in [2.45, 2.75) is 12.6 Å². The zero-order valence-corrected chi connectivity index (χ0v) is 16.6. The van der Waals surface area contributed by atoms with E-state index >= 15 is 0 Å². The Kier molecular flexibility index (Phi) is 5.84. The van der Waals surface area contributed by atoms with Gasteiger partial charge in [-0.3, -0.25) is 0 Å². The molecule has 156 valence electrons. The molecular formula is C22H19N5O4. The van der Waals surface area contributed by atoms with Crippen LogP contribution in [0.1, 0.15) is 17.4 Å². The van der Waals surface area contributed by atoms with Crippen LogP contribution in [0.25, 0.3) is 16.9 Å². The lowest BCUT2D eigenvalue weighted by Crippen LogP contribution is -2.36. The fraction of sp³-hybridized carbons (Fsp3) is 0.136. The van der Waals surface area contributed by atoms with E-state index in [9.17, 15) is 9.59 Å². The summed E-state index contributed by atoms with van der Waals surface area (Å²) in [6.07, 6.45) is -0.796. The van der Waals surface area contributed by atoms with Crippen LogP contribution in [0, 0.1) is 0 Å². The molecule has 2 heterocycles. The van der Waals surface area contributed by atoms with Crippen LogP contribution in [-0.2, 0) is 20.9 Å². The first kappa shape index (κ1) is 20.0. The molecule has 1 atom stereocenters. The zero-order valence-electron chi connectivity index (χ0n) is 16.6. The molecule has 0 saturated carbocycles. The van der Waals surface area contributed by atoms with E-state index in [0.717, 1.165) is 11.1 Å². The smallest absolute Gasteiger partial charge is 0.408 e. The molecule has 0 radical (unpaired) electrons. The molecule has 0 aliphatic rings. The van der Waals surface area contributed by atoms with Crippen LogP contribution in [0.15, 0.2) is 72.8 Å². The lowest BCUT2D eigenvalue weighted by molar-refractivity contribution is -0.143. The van der Waals surface area contributed by atoms with Crippen LogP contribution in [0.2, 0.25) is 0 Å². The fourth-order valence-corrected chi connectivity index (χ4v) is 2.98. The van der Waals surface area contributed by atoms with Gasteiger partial charge in [-0.25, -0.2) is 9.59 Å². The number of aromatic nitrogens is 4. The number of amides is 1. The zero-order chi connectivity index (χ0) is 21.6. The number of hydrogen-bond acceptors (Lipinski definition) is 7. The van der Waals surface area contributed by atoms with Crippen LogP contribution in [0.4, 0.5) is 4.79 Å². The third kappa shape index (κ3) is 4.50. The molecule has 4 rings (SSSR count). The number of esters is 1. The summed E-state index contributed by atoms with van der Waals surface area (Å²) in [5.41, 5.74) is 2.77. The maximum absolute atomic E-state index is 12.4. The third-order valence-corrected chi connectivity index (χ3v) is 4.53. The number of carbonyl (C=O) groups is 2. The lowest BCUT2D eigenvalue weighted by atomic mass is 10.1. The number of methoxy groups -OCH3 is 1. The number of carbonyl (C=O) groups excluding carboxylic acids is 2. The van der Waals surface area contributed by atoms with Crippen LogP contribution in [0.5, 0.6) is 0 Å². The van der Waals surface area contributed by atoms with Gasteiger partial charge in [0.25, 0.3) is 0 Å². The van der Waals surface area contributed by atoms with E-state index in [1.165, 1.54) is 11.6 Å². The Hall–Kier alpha value is -4.27. The summed E-state index contributed by atoms with van der Waals surface area (Å²) in [6, 6.07) is 21.0. The second-order valence-electron chi connectivity index (χ2n) is 6.58. The Morgan fingerprint density at radius 1 is 0.968 bits per heavy atom. The van der Waals surface area contributed by atoms with Crippen LogP contribution in [-0.4, -0.2) is 39.0 Å². The number of nitrogens with one attached hydrogen (secondary N) is 1. The van der Waals surface area contributed by atoms with E-state index in [2.05, 4.69) is 20.6 Å². The molecule has 0 fully saturated rings. The van der Waals surface area contributed by atoms with Crippen molar-refractivity contribution in [3.63, 3.8) is 0 Å². The molecule has 0 spiro atoms. The topological polar surface area (TPSA) is 108 Å². The highest BCUT2D eigenvalue weighted by Gasteiger charge is 2.30. The highest BCUT2D eigenvalue weighted by atomic mass is 16.6. The molecule has 9 nitrogen and oxygen atoms in total. The van der Waals surface area contributed by atoms with Crippen molar-refractivity contribution in [1.29, 1.82) is 0 Å². The minimum absolute atomic E-state index is 0.0531. The SMILES string of the molecule is COC(=O)C(NC(=O)OCc1ccccc1)c1nnc2ccc(-c3ccccc3)nn12. The third-order valence-electron chi connectivity index (χ3n) is 4.53. The summed E-state index contributed by atoms with van der Waals surface area (Å²) < 4.78 is 11.5. The summed E-state index contributed by atoms with van der Waals surface area (Å²) in [4.78, 5) is 24.8. The maximum Gasteiger partial charge on any atom is 0.408 e. The minimum Gasteiger partial charge on any atom is -0.467 e. The molecule has 4 aromatic rings. The molecule has 2 aromatic carbocycles. The van der Waals surface area contributed by atoms with E-state index in [4.69, 9.17) is 9.47 Å². The van der Waals surface area contributed by atoms with E-state index in [-0.39, 0.29) is 12.4 Å². The Morgan fingerprint density at radius 2 is 1.68 bits per heavy atom. The maximum atomic E-state index is 12.4. The normalized spacial score (nSPS) is 11.6. The average molecular weight is 417 g/mol. The van der Waals surface area contributed by atoms with Crippen molar-refractivity contribution >= 4 is 17.7 Å². The van der Waals surface area contributed by atoms with Gasteiger partial charge in [0, 0.05) is 5.56 Å². The van der Waals surface area contributed by atoms with Gasteiger partial charge in [0.2, 0.25) is 0 Å². The number of nitrogens with zero attached hydrogens (tertiary/aromatic N) is 4. The largest absolute Gasteiger partial charge is 0.467 e. The number of alkyl carbamates (subject to hydrolysis) is 1. The molecule has 9 heteroatoms. The molecule has 0 aliphatic heterocycles. The number of ether oxygens (including phenoxy) is 2. The molecule has 1 N–H and O–H groups in total. The van der Waals surface area contributed by atoms with E-state index in [1.807, 2.05) is 60.7 Å². The monoisotopic (exact) mass is 417 g/mol. The van der Waals surface area contributed by atoms with Gasteiger partial charge in [-0.2, -0.15) is 9.61 Å². The quantitative estimate of drug-likeness (QED) is 0.481. The van der Waals surface area contributed by atoms with Crippen molar-refractivity contribution in [2.24, 2.45) is 0 Å². The lowest BCUT2D eigenvalue weighted by Gasteiger charge is -2.15. The van der Waals surface area contributed by atoms with Gasteiger partial charge in [-0.15, -0.1) is 10.2 Å². The standard InChI is InChI=1S/C22H19N5O4/c1-30-21(28)19(23-22(29)31-14-15-8-4-2-5-9-15)20-25-24-18-13-12-17(26-27(18)20)16-10-6-3-7-11-16/h2-13,19H,14H2,1H3,(H,23,29). The number of rotatable bonds is 6. The molecule has 1 unspecified atom stereocenters. The van der Waals surface area contributed by atoms with Crippen molar-refractivity contribution in [3.05, 3.63) is 84.2 Å². The van der Waals surface area contributed by atoms with Gasteiger partial charge in [0.15, 0.2) is 17.5 Å². The molecular weight excluding hydrogens is 398 g/mol. The van der Waals surface area contributed by atoms with Gasteiger partial charge in [-0.05, 0) is 17.7 Å². The minimum atomic E-state index is -1.25. The first-order chi connectivity index (χ1) is 15.2. The second kappa shape index (κ2) is 9.04. The molecule has 0 saturated heterocycles. The summed E-state index contributed by atoms with van der Waals surface area (Å²) in [7, 11) is 1.22.